The van der Waals surface area contributed by atoms with E-state index in [0.717, 1.165) is 31.7 Å². The SMILES string of the molecule is CCCC1CCN(CCC(=O)c2ccc(F)cn2)CC1. The first-order valence-electron chi connectivity index (χ1n) is 7.56. The summed E-state index contributed by atoms with van der Waals surface area (Å²) in [7, 11) is 0. The van der Waals surface area contributed by atoms with Crippen LogP contribution in [0.5, 0.6) is 0 Å². The van der Waals surface area contributed by atoms with Gasteiger partial charge in [-0.15, -0.1) is 0 Å². The van der Waals surface area contributed by atoms with Crippen molar-refractivity contribution in [3.63, 3.8) is 0 Å². The highest BCUT2D eigenvalue weighted by atomic mass is 19.1. The van der Waals surface area contributed by atoms with E-state index in [0.29, 0.717) is 12.1 Å². The first-order chi connectivity index (χ1) is 9.69. The highest BCUT2D eigenvalue weighted by Gasteiger charge is 2.19. The summed E-state index contributed by atoms with van der Waals surface area (Å²) in [4.78, 5) is 18.1. The van der Waals surface area contributed by atoms with Gasteiger partial charge in [-0.25, -0.2) is 4.39 Å². The Morgan fingerprint density at radius 1 is 1.40 bits per heavy atom. The zero-order valence-corrected chi connectivity index (χ0v) is 12.1. The molecule has 1 aromatic heterocycles. The molecule has 20 heavy (non-hydrogen) atoms. The predicted octanol–water partition coefficient (Wildman–Crippen LogP) is 3.31. The van der Waals surface area contributed by atoms with Gasteiger partial charge < -0.3 is 4.90 Å². The van der Waals surface area contributed by atoms with E-state index in [1.165, 1.54) is 37.8 Å². The fraction of sp³-hybridized carbons (Fsp3) is 0.625. The minimum atomic E-state index is -0.403. The molecule has 2 rings (SSSR count). The molecule has 110 valence electrons. The van der Waals surface area contributed by atoms with Crippen LogP contribution in [0, 0.1) is 11.7 Å². The second-order valence-corrected chi connectivity index (χ2v) is 5.61. The number of hydrogen-bond donors (Lipinski definition) is 0. The Bertz CT molecular complexity index is 425. The number of ketones is 1. The Morgan fingerprint density at radius 3 is 2.75 bits per heavy atom. The fourth-order valence-electron chi connectivity index (χ4n) is 2.84. The number of nitrogens with zero attached hydrogens (tertiary/aromatic N) is 2. The van der Waals surface area contributed by atoms with Crippen molar-refractivity contribution in [3.8, 4) is 0 Å². The fourth-order valence-corrected chi connectivity index (χ4v) is 2.84. The van der Waals surface area contributed by atoms with Gasteiger partial charge in [-0.3, -0.25) is 9.78 Å². The van der Waals surface area contributed by atoms with Crippen LogP contribution in [0.1, 0.15) is 49.5 Å². The standard InChI is InChI=1S/C16H23FN2O/c1-2-3-13-6-9-19(10-7-13)11-8-16(20)15-5-4-14(17)12-18-15/h4-5,12-13H,2-3,6-11H2,1H3. The third kappa shape index (κ3) is 4.37. The second kappa shape index (κ2) is 7.48. The third-order valence-corrected chi connectivity index (χ3v) is 4.07. The maximum absolute atomic E-state index is 12.7. The molecule has 3 nitrogen and oxygen atoms in total. The molecule has 0 spiro atoms. The van der Waals surface area contributed by atoms with Crippen LogP contribution in [0.15, 0.2) is 18.3 Å². The van der Waals surface area contributed by atoms with Gasteiger partial charge in [-0.05, 0) is 44.0 Å². The minimum Gasteiger partial charge on any atom is -0.303 e. The van der Waals surface area contributed by atoms with Crippen molar-refractivity contribution in [3.05, 3.63) is 29.8 Å². The van der Waals surface area contributed by atoms with Crippen molar-refractivity contribution in [1.29, 1.82) is 0 Å². The van der Waals surface area contributed by atoms with Crippen LogP contribution in [0.25, 0.3) is 0 Å². The topological polar surface area (TPSA) is 33.2 Å². The van der Waals surface area contributed by atoms with E-state index in [1.54, 1.807) is 0 Å². The lowest BCUT2D eigenvalue weighted by atomic mass is 9.92. The van der Waals surface area contributed by atoms with E-state index in [-0.39, 0.29) is 5.78 Å². The maximum atomic E-state index is 12.7. The van der Waals surface area contributed by atoms with E-state index in [9.17, 15) is 9.18 Å². The van der Waals surface area contributed by atoms with Crippen molar-refractivity contribution >= 4 is 5.78 Å². The molecular formula is C16H23FN2O. The molecule has 0 N–H and O–H groups in total. The molecule has 1 aliphatic heterocycles. The molecular weight excluding hydrogens is 255 g/mol. The molecule has 1 saturated heterocycles. The van der Waals surface area contributed by atoms with E-state index in [1.807, 2.05) is 0 Å². The summed E-state index contributed by atoms with van der Waals surface area (Å²) in [6, 6.07) is 2.75. The quantitative estimate of drug-likeness (QED) is 0.749. The molecule has 1 aliphatic rings. The van der Waals surface area contributed by atoms with E-state index in [2.05, 4.69) is 16.8 Å². The third-order valence-electron chi connectivity index (χ3n) is 4.07. The highest BCUT2D eigenvalue weighted by Crippen LogP contribution is 2.21. The monoisotopic (exact) mass is 278 g/mol. The van der Waals surface area contributed by atoms with Gasteiger partial charge in [-0.2, -0.15) is 0 Å². The summed E-state index contributed by atoms with van der Waals surface area (Å²) < 4.78 is 12.7. The Morgan fingerprint density at radius 2 is 2.15 bits per heavy atom. The summed E-state index contributed by atoms with van der Waals surface area (Å²) in [6.07, 6.45) is 6.65. The molecule has 0 bridgehead atoms. The molecule has 0 saturated carbocycles. The van der Waals surface area contributed by atoms with Gasteiger partial charge in [0.05, 0.1) is 6.20 Å². The molecule has 0 aliphatic carbocycles. The molecule has 4 heteroatoms. The minimum absolute atomic E-state index is 0.000631. The van der Waals surface area contributed by atoms with Crippen LogP contribution in [-0.2, 0) is 0 Å². The van der Waals surface area contributed by atoms with Gasteiger partial charge >= 0.3 is 0 Å². The van der Waals surface area contributed by atoms with Crippen LogP contribution < -0.4 is 0 Å². The number of likely N-dealkylation sites (tertiary alicyclic amines) is 1. The number of aromatic nitrogens is 1. The van der Waals surface area contributed by atoms with Crippen molar-refractivity contribution < 1.29 is 9.18 Å². The number of hydrogen-bond acceptors (Lipinski definition) is 3. The molecule has 2 heterocycles. The lowest BCUT2D eigenvalue weighted by Crippen LogP contribution is -2.35. The summed E-state index contributed by atoms with van der Waals surface area (Å²) in [5.41, 5.74) is 0.368. The molecule has 0 atom stereocenters. The van der Waals surface area contributed by atoms with E-state index < -0.39 is 5.82 Å². The molecule has 0 unspecified atom stereocenters. The smallest absolute Gasteiger partial charge is 0.182 e. The number of carbonyl (C=O) groups excluding carboxylic acids is 1. The van der Waals surface area contributed by atoms with Crippen LogP contribution >= 0.6 is 0 Å². The van der Waals surface area contributed by atoms with Crippen LogP contribution in [0.3, 0.4) is 0 Å². The van der Waals surface area contributed by atoms with Crippen LogP contribution in [0.4, 0.5) is 4.39 Å². The molecule has 1 fully saturated rings. The van der Waals surface area contributed by atoms with Gasteiger partial charge in [0.1, 0.15) is 11.5 Å². The van der Waals surface area contributed by atoms with Crippen molar-refractivity contribution in [2.75, 3.05) is 19.6 Å². The lowest BCUT2D eigenvalue weighted by Gasteiger charge is -2.31. The van der Waals surface area contributed by atoms with Crippen molar-refractivity contribution in [2.45, 2.75) is 39.0 Å². The summed E-state index contributed by atoms with van der Waals surface area (Å²) >= 11 is 0. The Hall–Kier alpha value is -1.29. The predicted molar refractivity (Wildman–Crippen MR) is 77.2 cm³/mol. The van der Waals surface area contributed by atoms with Crippen LogP contribution in [0.2, 0.25) is 0 Å². The maximum Gasteiger partial charge on any atom is 0.182 e. The summed E-state index contributed by atoms with van der Waals surface area (Å²) in [6.45, 7) is 5.21. The molecule has 0 amide bonds. The van der Waals surface area contributed by atoms with Crippen LogP contribution in [-0.4, -0.2) is 35.3 Å². The first kappa shape index (κ1) is 15.1. The number of rotatable bonds is 6. The number of pyridine rings is 1. The zero-order chi connectivity index (χ0) is 14.4. The largest absolute Gasteiger partial charge is 0.303 e. The molecule has 1 aromatic rings. The number of halogens is 1. The van der Waals surface area contributed by atoms with Gasteiger partial charge in [0.15, 0.2) is 5.78 Å². The Balaban J connectivity index is 1.73. The summed E-state index contributed by atoms with van der Waals surface area (Å²) in [5, 5.41) is 0. The average Bonchev–Trinajstić information content (AvgIpc) is 2.47. The van der Waals surface area contributed by atoms with E-state index in [4.69, 9.17) is 0 Å². The van der Waals surface area contributed by atoms with Gasteiger partial charge in [-0.1, -0.05) is 19.8 Å². The van der Waals surface area contributed by atoms with Gasteiger partial charge in [0.25, 0.3) is 0 Å². The average molecular weight is 278 g/mol. The summed E-state index contributed by atoms with van der Waals surface area (Å²) in [5.74, 6) is 0.464. The highest BCUT2D eigenvalue weighted by molar-refractivity contribution is 5.94. The van der Waals surface area contributed by atoms with Gasteiger partial charge in [0.2, 0.25) is 0 Å². The lowest BCUT2D eigenvalue weighted by molar-refractivity contribution is 0.0945. The first-order valence-corrected chi connectivity index (χ1v) is 7.56. The molecule has 0 radical (unpaired) electrons. The Kier molecular flexibility index (Phi) is 5.65. The Labute approximate surface area is 120 Å². The number of carbonyl (C=O) groups is 1. The van der Waals surface area contributed by atoms with Gasteiger partial charge in [0, 0.05) is 13.0 Å². The normalized spacial score (nSPS) is 17.3. The van der Waals surface area contributed by atoms with Crippen molar-refractivity contribution in [1.82, 2.24) is 9.88 Å². The second-order valence-electron chi connectivity index (χ2n) is 5.61. The van der Waals surface area contributed by atoms with E-state index >= 15 is 0 Å². The number of Topliss-reactive ketones (excluding diaryl/α,β-unsaturated/α-hetero) is 1. The molecule has 0 aromatic carbocycles. The van der Waals surface area contributed by atoms with Crippen molar-refractivity contribution in [2.24, 2.45) is 5.92 Å². The number of piperidine rings is 1. The zero-order valence-electron chi connectivity index (χ0n) is 12.1.